The van der Waals surface area contributed by atoms with Crippen molar-refractivity contribution in [3.05, 3.63) is 106 Å². The molecule has 7 heteroatoms. The van der Waals surface area contributed by atoms with Crippen LogP contribution in [0.4, 0.5) is 0 Å². The summed E-state index contributed by atoms with van der Waals surface area (Å²) in [6.45, 7) is 6.36. The standard InChI is InChI=1S/3C8H9.O3P.3Zn/c3*1-7-3-5-8(2)6-4-7;1-4(2)3;;;/h3*3-6H,1H2,2H3;;;;/q;;;-3;3*+1. The molecule has 0 saturated heterocycles. The van der Waals surface area contributed by atoms with Crippen LogP contribution in [0.5, 0.6) is 0 Å². The quantitative estimate of drug-likeness (QED) is 0.347. The van der Waals surface area contributed by atoms with E-state index >= 15 is 0 Å². The molecule has 31 heavy (non-hydrogen) atoms. The van der Waals surface area contributed by atoms with Crippen LogP contribution in [0, 0.1) is 20.8 Å². The Labute approximate surface area is 218 Å². The molecule has 0 saturated carbocycles. The molecule has 0 fully saturated rings. The molecular formula is C24H27O3PZn3. The second-order valence-electron chi connectivity index (χ2n) is 6.93. The maximum Gasteiger partial charge on any atom is -0.438 e. The van der Waals surface area contributed by atoms with Crippen LogP contribution < -0.4 is 14.7 Å². The molecule has 0 aliphatic rings. The number of rotatable bonds is 3. The monoisotopic (exact) mass is 586 g/mol. The first-order chi connectivity index (χ1) is 14.7. The topological polar surface area (TPSA) is 69.2 Å². The largest absolute Gasteiger partial charge is 0.854 e. The smallest absolute Gasteiger partial charge is 0.438 e. The Hall–Kier alpha value is -0.160. The van der Waals surface area contributed by atoms with Gasteiger partial charge in [-0.2, -0.15) is 0 Å². The molecule has 0 N–H and O–H groups in total. The maximum atomic E-state index is 8.48. The summed E-state index contributed by atoms with van der Waals surface area (Å²) in [5.41, 5.74) is 8.48. The first kappa shape index (κ1) is 30.8. The van der Waals surface area contributed by atoms with Gasteiger partial charge < -0.3 is 23.3 Å². The van der Waals surface area contributed by atoms with Crippen LogP contribution in [0.2, 0.25) is 0 Å². The van der Waals surface area contributed by atoms with Gasteiger partial charge in [0.1, 0.15) is 0 Å². The minimum Gasteiger partial charge on any atom is -0.854 e. The summed E-state index contributed by atoms with van der Waals surface area (Å²) in [5, 5.41) is 3.79. The third-order valence-corrected chi connectivity index (χ3v) is 7.86. The molecule has 3 aromatic rings. The van der Waals surface area contributed by atoms with Crippen LogP contribution >= 0.6 is 8.60 Å². The molecule has 0 amide bonds. The first-order valence-electron chi connectivity index (χ1n) is 10.1. The SMILES string of the molecule is Cc1ccc([CH2][Zn+])cc1.Cc1ccc([CH2][Zn+])cc1.Cc1ccc([CH2][Zn+])cc1.[O-]P([O-])[O-]. The molecule has 0 aromatic heterocycles. The van der Waals surface area contributed by atoms with Gasteiger partial charge in [0.05, 0.1) is 0 Å². The van der Waals surface area contributed by atoms with Crippen molar-refractivity contribution in [3.63, 3.8) is 0 Å². The van der Waals surface area contributed by atoms with Gasteiger partial charge in [-0.25, -0.2) is 0 Å². The second kappa shape index (κ2) is 19.3. The zero-order valence-corrected chi connectivity index (χ0v) is 28.6. The van der Waals surface area contributed by atoms with Gasteiger partial charge in [-0.1, -0.05) is 0 Å². The summed E-state index contributed by atoms with van der Waals surface area (Å²) in [7, 11) is -3.37. The van der Waals surface area contributed by atoms with Gasteiger partial charge in [-0.3, -0.25) is 0 Å². The van der Waals surface area contributed by atoms with Crippen LogP contribution in [0.15, 0.2) is 72.8 Å². The van der Waals surface area contributed by atoms with Crippen molar-refractivity contribution in [1.29, 1.82) is 0 Å². The molecule has 0 radical (unpaired) electrons. The molecule has 0 aliphatic heterocycles. The molecule has 3 aromatic carbocycles. The summed E-state index contributed by atoms with van der Waals surface area (Å²) in [5.74, 6) is 0. The number of benzene rings is 3. The summed E-state index contributed by atoms with van der Waals surface area (Å²) < 4.78 is 0. The van der Waals surface area contributed by atoms with Crippen molar-refractivity contribution in [2.45, 2.75) is 35.8 Å². The Morgan fingerprint density at radius 3 is 0.774 bits per heavy atom. The van der Waals surface area contributed by atoms with Crippen LogP contribution in [0.25, 0.3) is 0 Å². The predicted molar refractivity (Wildman–Crippen MR) is 112 cm³/mol. The van der Waals surface area contributed by atoms with Gasteiger partial charge in [-0.15, -0.1) is 0 Å². The van der Waals surface area contributed by atoms with Crippen molar-refractivity contribution >= 4 is 8.60 Å². The van der Waals surface area contributed by atoms with E-state index in [1.165, 1.54) is 103 Å². The Morgan fingerprint density at radius 1 is 0.484 bits per heavy atom. The first-order valence-corrected chi connectivity index (χ1v) is 17.5. The summed E-state index contributed by atoms with van der Waals surface area (Å²) in [4.78, 5) is 25.4. The van der Waals surface area contributed by atoms with E-state index in [1.54, 1.807) is 0 Å². The third kappa shape index (κ3) is 18.0. The van der Waals surface area contributed by atoms with Gasteiger partial charge >= 0.3 is 197 Å². The van der Waals surface area contributed by atoms with Crippen LogP contribution in [-0.2, 0) is 70.0 Å². The zero-order chi connectivity index (χ0) is 23.6. The van der Waals surface area contributed by atoms with Crippen LogP contribution in [0.1, 0.15) is 33.4 Å². The van der Waals surface area contributed by atoms with Crippen molar-refractivity contribution in [3.8, 4) is 0 Å². The molecular weight excluding hydrogens is 563 g/mol. The van der Waals surface area contributed by atoms with E-state index in [-0.39, 0.29) is 0 Å². The molecule has 0 spiro atoms. The van der Waals surface area contributed by atoms with Crippen molar-refractivity contribution in [2.75, 3.05) is 0 Å². The van der Waals surface area contributed by atoms with E-state index in [4.69, 9.17) is 14.7 Å². The van der Waals surface area contributed by atoms with Crippen LogP contribution in [0.3, 0.4) is 0 Å². The van der Waals surface area contributed by atoms with E-state index in [2.05, 4.69) is 93.6 Å². The minimum atomic E-state index is -3.37. The van der Waals surface area contributed by atoms with Gasteiger partial charge in [0, 0.05) is 0 Å². The van der Waals surface area contributed by atoms with E-state index in [0.717, 1.165) is 0 Å². The van der Waals surface area contributed by atoms with Crippen molar-refractivity contribution in [2.24, 2.45) is 0 Å². The third-order valence-electron chi connectivity index (χ3n) is 4.23. The molecule has 0 unspecified atom stereocenters. The molecule has 0 heterocycles. The zero-order valence-electron chi connectivity index (χ0n) is 18.8. The molecule has 3 nitrogen and oxygen atoms in total. The van der Waals surface area contributed by atoms with E-state index < -0.39 is 8.60 Å². The fourth-order valence-corrected chi connectivity index (χ4v) is 4.36. The fraction of sp³-hybridized carbons (Fsp3) is 0.250. The Bertz CT molecular complexity index is 698. The fourth-order valence-electron chi connectivity index (χ4n) is 2.26. The van der Waals surface area contributed by atoms with Crippen molar-refractivity contribution in [1.82, 2.24) is 0 Å². The summed E-state index contributed by atoms with van der Waals surface area (Å²) in [6.07, 6.45) is 0. The average molecular weight is 591 g/mol. The Balaban J connectivity index is 0.000000402. The molecule has 0 atom stereocenters. The second-order valence-corrected chi connectivity index (χ2v) is 10.5. The normalized spacial score (nSPS) is 9.58. The Kier molecular flexibility index (Phi) is 19.2. The minimum absolute atomic E-state index is 1.26. The number of aryl methyl sites for hydroxylation is 3. The molecule has 3 rings (SSSR count). The van der Waals surface area contributed by atoms with Crippen molar-refractivity contribution < 1.29 is 69.6 Å². The van der Waals surface area contributed by atoms with E-state index in [0.29, 0.717) is 0 Å². The molecule has 0 bridgehead atoms. The molecule has 152 valence electrons. The van der Waals surface area contributed by atoms with E-state index in [1.807, 2.05) is 0 Å². The molecule has 0 aliphatic carbocycles. The Morgan fingerprint density at radius 2 is 0.645 bits per heavy atom. The van der Waals surface area contributed by atoms with Gasteiger partial charge in [0.15, 0.2) is 0 Å². The van der Waals surface area contributed by atoms with Gasteiger partial charge in [0.2, 0.25) is 0 Å². The maximum absolute atomic E-state index is 8.48. The van der Waals surface area contributed by atoms with Gasteiger partial charge in [0.25, 0.3) is 0 Å². The summed E-state index contributed by atoms with van der Waals surface area (Å²) in [6, 6.07) is 26.3. The summed E-state index contributed by atoms with van der Waals surface area (Å²) >= 11 is 4.09. The average Bonchev–Trinajstić information content (AvgIpc) is 2.76. The number of hydrogen-bond acceptors (Lipinski definition) is 3. The van der Waals surface area contributed by atoms with Crippen LogP contribution in [-0.4, -0.2) is 0 Å². The predicted octanol–water partition coefficient (Wildman–Crippen LogP) is 3.42. The number of hydrogen-bond donors (Lipinski definition) is 0. The van der Waals surface area contributed by atoms with E-state index in [9.17, 15) is 0 Å². The van der Waals surface area contributed by atoms with Gasteiger partial charge in [-0.05, 0) is 0 Å².